The van der Waals surface area contributed by atoms with Crippen LogP contribution in [0.2, 0.25) is 0 Å². The van der Waals surface area contributed by atoms with E-state index in [1.807, 2.05) is 34.4 Å². The molecule has 3 aromatic rings. The van der Waals surface area contributed by atoms with Crippen molar-refractivity contribution in [2.75, 3.05) is 7.11 Å². The number of halogens is 1. The SMILES string of the molecule is CCn1nc(C)c2[nH]c(=S)n(-c3cc(Br)ccc3OC)c21. The van der Waals surface area contributed by atoms with E-state index in [4.69, 9.17) is 17.0 Å². The van der Waals surface area contributed by atoms with Crippen molar-refractivity contribution in [2.45, 2.75) is 20.4 Å². The number of methoxy groups -OCH3 is 1. The van der Waals surface area contributed by atoms with E-state index in [-0.39, 0.29) is 0 Å². The average Bonchev–Trinajstić information content (AvgIpc) is 2.95. The highest BCUT2D eigenvalue weighted by molar-refractivity contribution is 9.10. The molecule has 0 radical (unpaired) electrons. The Kier molecular flexibility index (Phi) is 3.62. The fourth-order valence-corrected chi connectivity index (χ4v) is 3.12. The number of ether oxygens (including phenoxy) is 1. The number of benzene rings is 1. The van der Waals surface area contributed by atoms with E-state index >= 15 is 0 Å². The molecule has 0 spiro atoms. The molecule has 3 rings (SSSR count). The van der Waals surface area contributed by atoms with Crippen LogP contribution in [-0.4, -0.2) is 26.4 Å². The normalized spacial score (nSPS) is 11.2. The molecule has 0 aliphatic heterocycles. The van der Waals surface area contributed by atoms with Gasteiger partial charge in [0.05, 0.1) is 18.5 Å². The Hall–Kier alpha value is -1.60. The number of aryl methyl sites for hydroxylation is 2. The minimum absolute atomic E-state index is 0.629. The third-order valence-corrected chi connectivity index (χ3v) is 4.21. The van der Waals surface area contributed by atoms with Gasteiger partial charge in [0.2, 0.25) is 0 Å². The summed E-state index contributed by atoms with van der Waals surface area (Å²) >= 11 is 9.01. The Morgan fingerprint density at radius 2 is 2.19 bits per heavy atom. The Bertz CT molecular complexity index is 877. The highest BCUT2D eigenvalue weighted by Crippen LogP contribution is 2.30. The second-order valence-corrected chi connectivity index (χ2v) is 5.98. The summed E-state index contributed by atoms with van der Waals surface area (Å²) in [6.07, 6.45) is 0. The number of hydrogen-bond acceptors (Lipinski definition) is 3. The summed E-state index contributed by atoms with van der Waals surface area (Å²) in [5, 5.41) is 4.54. The first-order valence-electron chi connectivity index (χ1n) is 6.58. The first-order valence-corrected chi connectivity index (χ1v) is 7.79. The predicted molar refractivity (Wildman–Crippen MR) is 88.9 cm³/mol. The number of fused-ring (bicyclic) bond motifs is 1. The van der Waals surface area contributed by atoms with E-state index in [1.54, 1.807) is 7.11 Å². The molecule has 0 aliphatic carbocycles. The molecule has 2 aromatic heterocycles. The van der Waals surface area contributed by atoms with Gasteiger partial charge in [-0.05, 0) is 44.3 Å². The van der Waals surface area contributed by atoms with E-state index < -0.39 is 0 Å². The van der Waals surface area contributed by atoms with Crippen molar-refractivity contribution in [2.24, 2.45) is 0 Å². The number of aromatic nitrogens is 4. The fourth-order valence-electron chi connectivity index (χ4n) is 2.48. The zero-order valence-corrected chi connectivity index (χ0v) is 14.4. The second kappa shape index (κ2) is 5.31. The van der Waals surface area contributed by atoms with Crippen LogP contribution in [0.25, 0.3) is 16.9 Å². The van der Waals surface area contributed by atoms with Crippen molar-refractivity contribution in [1.29, 1.82) is 0 Å². The molecule has 110 valence electrons. The molecule has 0 saturated carbocycles. The number of hydrogen-bond donors (Lipinski definition) is 1. The molecule has 2 heterocycles. The van der Waals surface area contributed by atoms with Gasteiger partial charge in [-0.25, -0.2) is 4.68 Å². The summed E-state index contributed by atoms with van der Waals surface area (Å²) in [5.41, 5.74) is 3.74. The van der Waals surface area contributed by atoms with Crippen LogP contribution in [0.1, 0.15) is 12.6 Å². The zero-order valence-electron chi connectivity index (χ0n) is 12.0. The summed E-state index contributed by atoms with van der Waals surface area (Å²) in [4.78, 5) is 3.24. The largest absolute Gasteiger partial charge is 0.495 e. The number of nitrogens with one attached hydrogen (secondary N) is 1. The Morgan fingerprint density at radius 1 is 1.43 bits per heavy atom. The van der Waals surface area contributed by atoms with Crippen LogP contribution in [0.15, 0.2) is 22.7 Å². The molecule has 21 heavy (non-hydrogen) atoms. The zero-order chi connectivity index (χ0) is 15.1. The van der Waals surface area contributed by atoms with Gasteiger partial charge in [0.15, 0.2) is 10.4 Å². The maximum absolute atomic E-state index is 5.50. The molecule has 0 saturated heterocycles. The standard InChI is InChI=1S/C14H15BrN4OS/c1-4-18-13-12(8(2)17-18)16-14(21)19(13)10-7-9(15)5-6-11(10)20-3/h5-7H,4H2,1-3H3,(H,16,21). The van der Waals surface area contributed by atoms with Gasteiger partial charge in [0, 0.05) is 11.0 Å². The molecule has 1 N–H and O–H groups in total. The Morgan fingerprint density at radius 3 is 2.86 bits per heavy atom. The predicted octanol–water partition coefficient (Wildman–Crippen LogP) is 3.98. The molecule has 0 fully saturated rings. The van der Waals surface area contributed by atoms with Gasteiger partial charge in [-0.2, -0.15) is 5.10 Å². The Balaban J connectivity index is 2.42. The minimum Gasteiger partial charge on any atom is -0.495 e. The highest BCUT2D eigenvalue weighted by Gasteiger charge is 2.17. The number of aromatic amines is 1. The quantitative estimate of drug-likeness (QED) is 0.713. The summed E-state index contributed by atoms with van der Waals surface area (Å²) in [5.74, 6) is 0.761. The molecule has 0 atom stereocenters. The van der Waals surface area contributed by atoms with Crippen LogP contribution in [0.4, 0.5) is 0 Å². The second-order valence-electron chi connectivity index (χ2n) is 4.68. The van der Waals surface area contributed by atoms with Gasteiger partial charge in [-0.3, -0.25) is 4.57 Å². The maximum Gasteiger partial charge on any atom is 0.184 e. The summed E-state index contributed by atoms with van der Waals surface area (Å²) in [6.45, 7) is 4.81. The van der Waals surface area contributed by atoms with E-state index in [0.717, 1.165) is 39.3 Å². The molecule has 5 nitrogen and oxygen atoms in total. The lowest BCUT2D eigenvalue weighted by Gasteiger charge is -2.11. The van der Waals surface area contributed by atoms with Crippen molar-refractivity contribution in [1.82, 2.24) is 19.3 Å². The lowest BCUT2D eigenvalue weighted by atomic mass is 10.3. The molecule has 1 aromatic carbocycles. The van der Waals surface area contributed by atoms with Gasteiger partial charge < -0.3 is 9.72 Å². The van der Waals surface area contributed by atoms with Crippen LogP contribution in [0.3, 0.4) is 0 Å². The fraction of sp³-hybridized carbons (Fsp3) is 0.286. The molecule has 7 heteroatoms. The van der Waals surface area contributed by atoms with Crippen molar-refractivity contribution >= 4 is 39.3 Å². The summed E-state index contributed by atoms with van der Waals surface area (Å²) in [6, 6.07) is 5.85. The summed E-state index contributed by atoms with van der Waals surface area (Å²) < 4.78 is 11.0. The first-order chi connectivity index (χ1) is 10.1. The van der Waals surface area contributed by atoms with Crippen LogP contribution >= 0.6 is 28.1 Å². The number of nitrogens with zero attached hydrogens (tertiary/aromatic N) is 3. The van der Waals surface area contributed by atoms with Crippen LogP contribution in [0, 0.1) is 11.7 Å². The van der Waals surface area contributed by atoms with Gasteiger partial charge in [-0.1, -0.05) is 15.9 Å². The topological polar surface area (TPSA) is 47.8 Å². The third-order valence-electron chi connectivity index (χ3n) is 3.43. The van der Waals surface area contributed by atoms with Crippen molar-refractivity contribution < 1.29 is 4.74 Å². The van der Waals surface area contributed by atoms with Crippen LogP contribution in [-0.2, 0) is 6.54 Å². The lowest BCUT2D eigenvalue weighted by molar-refractivity contribution is 0.412. The van der Waals surface area contributed by atoms with E-state index in [1.165, 1.54) is 0 Å². The molecular weight excluding hydrogens is 352 g/mol. The first kappa shape index (κ1) is 14.3. The average molecular weight is 367 g/mol. The van der Waals surface area contributed by atoms with Gasteiger partial charge in [-0.15, -0.1) is 0 Å². The van der Waals surface area contributed by atoms with Crippen LogP contribution in [0.5, 0.6) is 5.75 Å². The van der Waals surface area contributed by atoms with Gasteiger partial charge >= 0.3 is 0 Å². The maximum atomic E-state index is 5.50. The molecule has 0 amide bonds. The van der Waals surface area contributed by atoms with Gasteiger partial charge in [0.1, 0.15) is 11.3 Å². The Labute approximate surface area is 135 Å². The van der Waals surface area contributed by atoms with Crippen molar-refractivity contribution in [3.8, 4) is 11.4 Å². The number of imidazole rings is 1. The third kappa shape index (κ3) is 2.20. The van der Waals surface area contributed by atoms with E-state index in [0.29, 0.717) is 4.77 Å². The monoisotopic (exact) mass is 366 g/mol. The molecule has 0 aliphatic rings. The highest BCUT2D eigenvalue weighted by atomic mass is 79.9. The van der Waals surface area contributed by atoms with Gasteiger partial charge in [0.25, 0.3) is 0 Å². The molecule has 0 unspecified atom stereocenters. The van der Waals surface area contributed by atoms with Crippen molar-refractivity contribution in [3.63, 3.8) is 0 Å². The van der Waals surface area contributed by atoms with E-state index in [9.17, 15) is 0 Å². The molecule has 0 bridgehead atoms. The lowest BCUT2D eigenvalue weighted by Crippen LogP contribution is -2.05. The minimum atomic E-state index is 0.629. The van der Waals surface area contributed by atoms with Crippen LogP contribution < -0.4 is 4.74 Å². The van der Waals surface area contributed by atoms with Crippen molar-refractivity contribution in [3.05, 3.63) is 33.1 Å². The molecular formula is C14H15BrN4OS. The van der Waals surface area contributed by atoms with E-state index in [2.05, 4.69) is 32.9 Å². The number of H-pyrrole nitrogens is 1. The number of rotatable bonds is 3. The summed E-state index contributed by atoms with van der Waals surface area (Å²) in [7, 11) is 1.66. The smallest absolute Gasteiger partial charge is 0.184 e.